The molecule has 1 aromatic heterocycles. The van der Waals surface area contributed by atoms with Crippen LogP contribution in [0.3, 0.4) is 0 Å². The fourth-order valence-electron chi connectivity index (χ4n) is 1.18. The van der Waals surface area contributed by atoms with Crippen LogP contribution in [-0.2, 0) is 16.0 Å². The molecule has 0 amide bonds. The number of rotatable bonds is 4. The Kier molecular flexibility index (Phi) is 5.20. The number of methoxy groups -OCH3 is 2. The number of alkyl halides is 3. The van der Waals surface area contributed by atoms with Crippen LogP contribution in [0.1, 0.15) is 5.69 Å². The van der Waals surface area contributed by atoms with Crippen molar-refractivity contribution in [2.24, 2.45) is 0 Å². The summed E-state index contributed by atoms with van der Waals surface area (Å²) in [5, 5.41) is 0. The minimum atomic E-state index is -4.87. The van der Waals surface area contributed by atoms with Gasteiger partial charge < -0.3 is 14.2 Å². The van der Waals surface area contributed by atoms with Crippen molar-refractivity contribution < 1.29 is 32.2 Å². The summed E-state index contributed by atoms with van der Waals surface area (Å²) in [6, 6.07) is 1.10. The van der Waals surface area contributed by atoms with Gasteiger partial charge in [-0.25, -0.2) is 4.98 Å². The first-order chi connectivity index (χ1) is 8.76. The Bertz CT molecular complexity index is 479. The molecule has 0 aliphatic rings. The first-order valence-electron chi connectivity index (χ1n) is 4.82. The molecule has 1 rings (SSSR count). The number of halogens is 4. The van der Waals surface area contributed by atoms with Crippen LogP contribution in [0, 0.1) is 3.57 Å². The molecule has 0 atom stereocenters. The van der Waals surface area contributed by atoms with E-state index in [0.29, 0.717) is 3.57 Å². The number of esters is 1. The number of hydrogen-bond acceptors (Lipinski definition) is 5. The SMILES string of the molecule is COC(=O)Cc1nc(OC)c(I)cc1OC(F)(F)F. The third-order valence-electron chi connectivity index (χ3n) is 1.94. The van der Waals surface area contributed by atoms with E-state index in [-0.39, 0.29) is 11.6 Å². The highest BCUT2D eigenvalue weighted by Crippen LogP contribution is 2.31. The van der Waals surface area contributed by atoms with E-state index in [1.54, 1.807) is 22.6 Å². The summed E-state index contributed by atoms with van der Waals surface area (Å²) in [5.41, 5.74) is -0.207. The van der Waals surface area contributed by atoms with Gasteiger partial charge >= 0.3 is 12.3 Å². The highest BCUT2D eigenvalue weighted by Gasteiger charge is 2.33. The zero-order chi connectivity index (χ0) is 14.6. The number of carbonyl (C=O) groups excluding carboxylic acids is 1. The van der Waals surface area contributed by atoms with E-state index in [4.69, 9.17) is 4.74 Å². The van der Waals surface area contributed by atoms with Gasteiger partial charge in [0, 0.05) is 6.07 Å². The standard InChI is InChI=1S/C10H9F3INO4/c1-17-8(16)4-6-7(19-10(11,12)13)3-5(14)9(15-6)18-2/h3H,4H2,1-2H3. The average molecular weight is 391 g/mol. The van der Waals surface area contributed by atoms with E-state index >= 15 is 0 Å². The fourth-order valence-corrected chi connectivity index (χ4v) is 1.81. The van der Waals surface area contributed by atoms with Gasteiger partial charge in [0.2, 0.25) is 5.88 Å². The molecular formula is C10H9F3INO4. The van der Waals surface area contributed by atoms with Crippen molar-refractivity contribution >= 4 is 28.6 Å². The fraction of sp³-hybridized carbons (Fsp3) is 0.400. The summed E-state index contributed by atoms with van der Waals surface area (Å²) in [6.45, 7) is 0. The second-order valence-electron chi connectivity index (χ2n) is 3.23. The number of hydrogen-bond donors (Lipinski definition) is 0. The maximum atomic E-state index is 12.3. The Hall–Kier alpha value is -1.26. The molecule has 1 aromatic rings. The molecule has 0 radical (unpaired) electrons. The van der Waals surface area contributed by atoms with Gasteiger partial charge in [-0.05, 0) is 22.6 Å². The Morgan fingerprint density at radius 3 is 2.53 bits per heavy atom. The summed E-state index contributed by atoms with van der Waals surface area (Å²) >= 11 is 1.75. The summed E-state index contributed by atoms with van der Waals surface area (Å²) in [5.74, 6) is -1.18. The van der Waals surface area contributed by atoms with Crippen molar-refractivity contribution in [2.75, 3.05) is 14.2 Å². The van der Waals surface area contributed by atoms with Gasteiger partial charge in [-0.2, -0.15) is 0 Å². The first-order valence-corrected chi connectivity index (χ1v) is 5.90. The van der Waals surface area contributed by atoms with E-state index in [1.807, 2.05) is 0 Å². The number of ether oxygens (including phenoxy) is 3. The van der Waals surface area contributed by atoms with Gasteiger partial charge in [0.05, 0.1) is 29.9 Å². The molecule has 0 unspecified atom stereocenters. The third kappa shape index (κ3) is 4.73. The van der Waals surface area contributed by atoms with Crippen molar-refractivity contribution in [3.8, 4) is 11.6 Å². The van der Waals surface area contributed by atoms with Gasteiger partial charge in [0.1, 0.15) is 0 Å². The predicted molar refractivity (Wildman–Crippen MR) is 65.9 cm³/mol. The van der Waals surface area contributed by atoms with Gasteiger partial charge in [-0.15, -0.1) is 13.2 Å². The lowest BCUT2D eigenvalue weighted by Gasteiger charge is -2.14. The van der Waals surface area contributed by atoms with E-state index in [2.05, 4.69) is 14.5 Å². The zero-order valence-corrected chi connectivity index (χ0v) is 12.0. The maximum Gasteiger partial charge on any atom is 0.573 e. The van der Waals surface area contributed by atoms with Crippen LogP contribution in [0.5, 0.6) is 11.6 Å². The van der Waals surface area contributed by atoms with Crippen LogP contribution in [0.15, 0.2) is 6.07 Å². The van der Waals surface area contributed by atoms with E-state index in [1.165, 1.54) is 7.11 Å². The van der Waals surface area contributed by atoms with Gasteiger partial charge in [-0.1, -0.05) is 0 Å². The number of nitrogens with zero attached hydrogens (tertiary/aromatic N) is 1. The summed E-state index contributed by atoms with van der Waals surface area (Å²) in [7, 11) is 2.44. The molecule has 0 aliphatic carbocycles. The summed E-state index contributed by atoms with van der Waals surface area (Å²) in [6.07, 6.45) is -5.32. The lowest BCUT2D eigenvalue weighted by Crippen LogP contribution is -2.20. The molecule has 19 heavy (non-hydrogen) atoms. The third-order valence-corrected chi connectivity index (χ3v) is 2.71. The first kappa shape index (κ1) is 15.8. The second kappa shape index (κ2) is 6.26. The summed E-state index contributed by atoms with van der Waals surface area (Å²) < 4.78 is 50.2. The van der Waals surface area contributed by atoms with E-state index in [0.717, 1.165) is 13.2 Å². The van der Waals surface area contributed by atoms with Gasteiger partial charge in [0.15, 0.2) is 5.75 Å². The van der Waals surface area contributed by atoms with Crippen molar-refractivity contribution in [1.29, 1.82) is 0 Å². The molecule has 0 spiro atoms. The molecule has 5 nitrogen and oxygen atoms in total. The average Bonchev–Trinajstić information content (AvgIpc) is 2.30. The van der Waals surface area contributed by atoms with Crippen molar-refractivity contribution in [3.63, 3.8) is 0 Å². The highest BCUT2D eigenvalue weighted by molar-refractivity contribution is 14.1. The normalized spacial score (nSPS) is 11.1. The molecule has 0 saturated carbocycles. The molecule has 0 saturated heterocycles. The predicted octanol–water partition coefficient (Wildman–Crippen LogP) is 2.31. The minimum Gasteiger partial charge on any atom is -0.480 e. The molecule has 0 aliphatic heterocycles. The quantitative estimate of drug-likeness (QED) is 0.583. The summed E-state index contributed by atoms with van der Waals surface area (Å²) in [4.78, 5) is 14.9. The number of carbonyl (C=O) groups is 1. The van der Waals surface area contributed by atoms with Crippen LogP contribution in [0.2, 0.25) is 0 Å². The minimum absolute atomic E-state index is 0.106. The Balaban J connectivity index is 3.18. The van der Waals surface area contributed by atoms with Crippen LogP contribution in [0.25, 0.3) is 0 Å². The molecule has 1 heterocycles. The molecule has 0 N–H and O–H groups in total. The van der Waals surface area contributed by atoms with E-state index in [9.17, 15) is 18.0 Å². The zero-order valence-electron chi connectivity index (χ0n) is 9.88. The van der Waals surface area contributed by atoms with E-state index < -0.39 is 24.5 Å². The smallest absolute Gasteiger partial charge is 0.480 e. The maximum absolute atomic E-state index is 12.3. The Morgan fingerprint density at radius 1 is 1.42 bits per heavy atom. The molecule has 0 bridgehead atoms. The van der Waals surface area contributed by atoms with Gasteiger partial charge in [0.25, 0.3) is 0 Å². The molecule has 0 aromatic carbocycles. The second-order valence-corrected chi connectivity index (χ2v) is 4.39. The lowest BCUT2D eigenvalue weighted by atomic mass is 10.2. The monoisotopic (exact) mass is 391 g/mol. The molecule has 0 fully saturated rings. The number of pyridine rings is 1. The van der Waals surface area contributed by atoms with Crippen LogP contribution in [0.4, 0.5) is 13.2 Å². The molecule has 9 heteroatoms. The van der Waals surface area contributed by atoms with Crippen molar-refractivity contribution in [1.82, 2.24) is 4.98 Å². The molecule has 106 valence electrons. The van der Waals surface area contributed by atoms with Gasteiger partial charge in [-0.3, -0.25) is 4.79 Å². The molecular weight excluding hydrogens is 382 g/mol. The van der Waals surface area contributed by atoms with Crippen LogP contribution >= 0.6 is 22.6 Å². The van der Waals surface area contributed by atoms with Crippen LogP contribution in [-0.4, -0.2) is 31.5 Å². The van der Waals surface area contributed by atoms with Crippen molar-refractivity contribution in [2.45, 2.75) is 12.8 Å². The number of aromatic nitrogens is 1. The largest absolute Gasteiger partial charge is 0.573 e. The Morgan fingerprint density at radius 2 is 2.05 bits per heavy atom. The van der Waals surface area contributed by atoms with Crippen LogP contribution < -0.4 is 9.47 Å². The highest BCUT2D eigenvalue weighted by atomic mass is 127. The van der Waals surface area contributed by atoms with Crippen molar-refractivity contribution in [3.05, 3.63) is 15.3 Å². The Labute approximate surface area is 120 Å². The lowest BCUT2D eigenvalue weighted by molar-refractivity contribution is -0.275. The topological polar surface area (TPSA) is 57.7 Å².